The normalized spacial score (nSPS) is 11.0. The van der Waals surface area contributed by atoms with E-state index in [2.05, 4.69) is 4.98 Å². The number of benzene rings is 3. The molecule has 5 aromatic rings. The van der Waals surface area contributed by atoms with E-state index in [9.17, 15) is 0 Å². The van der Waals surface area contributed by atoms with Crippen molar-refractivity contribution in [3.05, 3.63) is 90.1 Å². The molecule has 0 saturated carbocycles. The number of nitrogens with zero attached hydrogens (tertiary/aromatic N) is 2. The number of fused-ring (bicyclic) bond motifs is 2. The molecule has 0 saturated heterocycles. The SMILES string of the molecule is COc1cc(-c2ccc(Oc3cnc4ccccc4c3)cc2)nc2c(Cl)cccc12. The van der Waals surface area contributed by atoms with Crippen molar-refractivity contribution >= 4 is 33.4 Å². The molecule has 5 rings (SSSR count). The van der Waals surface area contributed by atoms with Crippen molar-refractivity contribution in [3.63, 3.8) is 0 Å². The van der Waals surface area contributed by atoms with Gasteiger partial charge < -0.3 is 9.47 Å². The van der Waals surface area contributed by atoms with Gasteiger partial charge in [0, 0.05) is 22.4 Å². The second-order valence-electron chi connectivity index (χ2n) is 6.84. The van der Waals surface area contributed by atoms with Crippen LogP contribution in [0, 0.1) is 0 Å². The summed E-state index contributed by atoms with van der Waals surface area (Å²) in [5, 5.41) is 2.52. The van der Waals surface area contributed by atoms with Crippen LogP contribution in [0.1, 0.15) is 0 Å². The lowest BCUT2D eigenvalue weighted by Gasteiger charge is -2.11. The Kier molecular flexibility index (Phi) is 4.69. The molecule has 4 nitrogen and oxygen atoms in total. The van der Waals surface area contributed by atoms with Crippen LogP contribution in [0.25, 0.3) is 33.1 Å². The van der Waals surface area contributed by atoms with Crippen molar-refractivity contribution < 1.29 is 9.47 Å². The Hall–Kier alpha value is -3.63. The molecule has 0 unspecified atom stereocenters. The van der Waals surface area contributed by atoms with Crippen LogP contribution < -0.4 is 9.47 Å². The van der Waals surface area contributed by atoms with Gasteiger partial charge in [0.15, 0.2) is 0 Å². The molecule has 30 heavy (non-hydrogen) atoms. The minimum absolute atomic E-state index is 0.594. The maximum atomic E-state index is 6.36. The van der Waals surface area contributed by atoms with Crippen molar-refractivity contribution in [1.29, 1.82) is 0 Å². The fourth-order valence-corrected chi connectivity index (χ4v) is 3.65. The molecule has 0 aliphatic rings. The highest BCUT2D eigenvalue weighted by Crippen LogP contribution is 2.34. The monoisotopic (exact) mass is 412 g/mol. The van der Waals surface area contributed by atoms with E-state index in [4.69, 9.17) is 26.1 Å². The maximum absolute atomic E-state index is 6.36. The summed E-state index contributed by atoms with van der Waals surface area (Å²) >= 11 is 6.36. The number of para-hydroxylation sites is 2. The molecule has 2 heterocycles. The van der Waals surface area contributed by atoms with Crippen LogP contribution in [0.3, 0.4) is 0 Å². The first-order chi connectivity index (χ1) is 14.7. The Morgan fingerprint density at radius 1 is 0.833 bits per heavy atom. The van der Waals surface area contributed by atoms with Crippen molar-refractivity contribution in [3.8, 4) is 28.5 Å². The zero-order chi connectivity index (χ0) is 20.5. The van der Waals surface area contributed by atoms with Crippen molar-refractivity contribution in [2.45, 2.75) is 0 Å². The minimum Gasteiger partial charge on any atom is -0.496 e. The van der Waals surface area contributed by atoms with Crippen molar-refractivity contribution in [2.75, 3.05) is 7.11 Å². The number of methoxy groups -OCH3 is 1. The Balaban J connectivity index is 1.46. The summed E-state index contributed by atoms with van der Waals surface area (Å²) in [5.41, 5.74) is 3.39. The number of rotatable bonds is 4. The van der Waals surface area contributed by atoms with E-state index in [0.29, 0.717) is 10.8 Å². The molecule has 2 aromatic heterocycles. The van der Waals surface area contributed by atoms with E-state index < -0.39 is 0 Å². The van der Waals surface area contributed by atoms with E-state index in [0.717, 1.165) is 44.6 Å². The quantitative estimate of drug-likeness (QED) is 0.322. The van der Waals surface area contributed by atoms with Gasteiger partial charge >= 0.3 is 0 Å². The minimum atomic E-state index is 0.594. The van der Waals surface area contributed by atoms with Crippen LogP contribution in [0.4, 0.5) is 0 Å². The van der Waals surface area contributed by atoms with Gasteiger partial charge in [0.05, 0.1) is 35.1 Å². The fourth-order valence-electron chi connectivity index (χ4n) is 3.44. The van der Waals surface area contributed by atoms with Crippen molar-refractivity contribution in [2.24, 2.45) is 0 Å². The Bertz CT molecular complexity index is 1370. The second-order valence-corrected chi connectivity index (χ2v) is 7.24. The molecule has 0 radical (unpaired) electrons. The standard InChI is InChI=1S/C25H17ClN2O2/c1-29-24-14-23(28-25-20(24)6-4-7-21(25)26)16-9-11-18(12-10-16)30-19-13-17-5-2-3-8-22(17)27-15-19/h2-15H,1H3. The average Bonchev–Trinajstić information content (AvgIpc) is 2.79. The Labute approximate surface area is 178 Å². The first-order valence-corrected chi connectivity index (χ1v) is 9.85. The number of halogens is 1. The predicted molar refractivity (Wildman–Crippen MR) is 121 cm³/mol. The lowest BCUT2D eigenvalue weighted by atomic mass is 10.1. The van der Waals surface area contributed by atoms with Crippen LogP contribution in [0.2, 0.25) is 5.02 Å². The van der Waals surface area contributed by atoms with E-state index in [1.807, 2.05) is 78.9 Å². The molecule has 0 bridgehead atoms. The maximum Gasteiger partial charge on any atom is 0.146 e. The lowest BCUT2D eigenvalue weighted by molar-refractivity contribution is 0.419. The highest BCUT2D eigenvalue weighted by atomic mass is 35.5. The van der Waals surface area contributed by atoms with Gasteiger partial charge in [-0.15, -0.1) is 0 Å². The van der Waals surface area contributed by atoms with Gasteiger partial charge in [-0.3, -0.25) is 4.98 Å². The zero-order valence-corrected chi connectivity index (χ0v) is 16.9. The fraction of sp³-hybridized carbons (Fsp3) is 0.0400. The van der Waals surface area contributed by atoms with Crippen LogP contribution in [-0.2, 0) is 0 Å². The molecule has 5 heteroatoms. The molecular formula is C25H17ClN2O2. The topological polar surface area (TPSA) is 44.2 Å². The number of hydrogen-bond acceptors (Lipinski definition) is 4. The van der Waals surface area contributed by atoms with E-state index in [1.165, 1.54) is 0 Å². The van der Waals surface area contributed by atoms with Crippen LogP contribution in [-0.4, -0.2) is 17.1 Å². The average molecular weight is 413 g/mol. The molecule has 0 fully saturated rings. The first kappa shape index (κ1) is 18.4. The largest absolute Gasteiger partial charge is 0.496 e. The van der Waals surface area contributed by atoms with Crippen LogP contribution in [0.15, 0.2) is 85.1 Å². The van der Waals surface area contributed by atoms with Gasteiger partial charge in [0.25, 0.3) is 0 Å². The summed E-state index contributed by atoms with van der Waals surface area (Å²) in [6.45, 7) is 0. The van der Waals surface area contributed by atoms with Gasteiger partial charge in [-0.1, -0.05) is 35.9 Å². The van der Waals surface area contributed by atoms with E-state index in [-0.39, 0.29) is 0 Å². The third-order valence-corrected chi connectivity index (χ3v) is 5.23. The molecule has 0 spiro atoms. The van der Waals surface area contributed by atoms with Crippen LogP contribution >= 0.6 is 11.6 Å². The smallest absolute Gasteiger partial charge is 0.146 e. The van der Waals surface area contributed by atoms with Gasteiger partial charge in [-0.05, 0) is 48.5 Å². The third kappa shape index (κ3) is 3.42. The predicted octanol–water partition coefficient (Wildman–Crippen LogP) is 6.90. The molecular weight excluding hydrogens is 396 g/mol. The first-order valence-electron chi connectivity index (χ1n) is 9.47. The van der Waals surface area contributed by atoms with Gasteiger partial charge in [0.2, 0.25) is 0 Å². The van der Waals surface area contributed by atoms with Gasteiger partial charge in [0.1, 0.15) is 17.2 Å². The summed E-state index contributed by atoms with van der Waals surface area (Å²) in [6.07, 6.45) is 1.73. The van der Waals surface area contributed by atoms with Gasteiger partial charge in [-0.25, -0.2) is 4.98 Å². The molecule has 3 aromatic carbocycles. The number of ether oxygens (including phenoxy) is 2. The highest BCUT2D eigenvalue weighted by molar-refractivity contribution is 6.35. The molecule has 146 valence electrons. The summed E-state index contributed by atoms with van der Waals surface area (Å²) in [7, 11) is 1.65. The number of hydrogen-bond donors (Lipinski definition) is 0. The molecule has 0 N–H and O–H groups in total. The van der Waals surface area contributed by atoms with Crippen molar-refractivity contribution in [1.82, 2.24) is 9.97 Å². The zero-order valence-electron chi connectivity index (χ0n) is 16.2. The second kappa shape index (κ2) is 7.65. The lowest BCUT2D eigenvalue weighted by Crippen LogP contribution is -1.92. The molecule has 0 aliphatic carbocycles. The summed E-state index contributed by atoms with van der Waals surface area (Å²) < 4.78 is 11.5. The Morgan fingerprint density at radius 2 is 1.67 bits per heavy atom. The molecule has 0 amide bonds. The summed E-state index contributed by atoms with van der Waals surface area (Å²) in [6, 6.07) is 25.3. The highest BCUT2D eigenvalue weighted by Gasteiger charge is 2.11. The number of pyridine rings is 2. The Morgan fingerprint density at radius 3 is 2.50 bits per heavy atom. The van der Waals surface area contributed by atoms with E-state index in [1.54, 1.807) is 13.3 Å². The molecule has 0 atom stereocenters. The molecule has 0 aliphatic heterocycles. The summed E-state index contributed by atoms with van der Waals surface area (Å²) in [5.74, 6) is 2.15. The van der Waals surface area contributed by atoms with Crippen LogP contribution in [0.5, 0.6) is 17.2 Å². The summed E-state index contributed by atoms with van der Waals surface area (Å²) in [4.78, 5) is 9.18. The van der Waals surface area contributed by atoms with E-state index >= 15 is 0 Å². The van der Waals surface area contributed by atoms with Gasteiger partial charge in [-0.2, -0.15) is 0 Å². The third-order valence-electron chi connectivity index (χ3n) is 4.92. The number of aromatic nitrogens is 2.